The van der Waals surface area contributed by atoms with Gasteiger partial charge in [0.2, 0.25) is 0 Å². The van der Waals surface area contributed by atoms with Gasteiger partial charge >= 0.3 is 5.91 Å². The molecule has 0 aliphatic heterocycles. The Labute approximate surface area is 163 Å². The number of ether oxygens (including phenoxy) is 1. The van der Waals surface area contributed by atoms with Gasteiger partial charge in [0.15, 0.2) is 5.76 Å². The smallest absolute Gasteiger partial charge is 0.307 e. The Morgan fingerprint density at radius 2 is 1.93 bits per heavy atom. The molecule has 0 aliphatic rings. The molecule has 2 aromatic carbocycles. The van der Waals surface area contributed by atoms with E-state index in [4.69, 9.17) is 9.15 Å². The highest BCUT2D eigenvalue weighted by Crippen LogP contribution is 2.20. The molecule has 28 heavy (non-hydrogen) atoms. The van der Waals surface area contributed by atoms with E-state index in [1.807, 2.05) is 56.3 Å². The standard InChI is InChI=1S/C22H22N2O4/c1-3-19(18-13-15(2)9-11-20(18)25)23-24-22(26)21-12-10-17(28-21)14-27-16-7-5-4-6-8-16/h4-13,25H,3,14H2,1-2H3,(H,24,26)/b23-19+. The second kappa shape index (κ2) is 8.90. The van der Waals surface area contributed by atoms with Crippen LogP contribution in [0.3, 0.4) is 0 Å². The summed E-state index contributed by atoms with van der Waals surface area (Å²) in [6, 6.07) is 17.9. The van der Waals surface area contributed by atoms with Gasteiger partial charge in [0.05, 0.1) is 5.71 Å². The Morgan fingerprint density at radius 3 is 2.68 bits per heavy atom. The van der Waals surface area contributed by atoms with Crippen molar-refractivity contribution in [3.63, 3.8) is 0 Å². The van der Waals surface area contributed by atoms with Gasteiger partial charge in [-0.3, -0.25) is 4.79 Å². The molecule has 0 radical (unpaired) electrons. The Balaban J connectivity index is 1.65. The first-order valence-electron chi connectivity index (χ1n) is 9.00. The van der Waals surface area contributed by atoms with Gasteiger partial charge < -0.3 is 14.3 Å². The number of hydrazone groups is 1. The monoisotopic (exact) mass is 378 g/mol. The molecule has 0 bridgehead atoms. The van der Waals surface area contributed by atoms with Crippen molar-refractivity contribution in [2.75, 3.05) is 0 Å². The van der Waals surface area contributed by atoms with E-state index >= 15 is 0 Å². The van der Waals surface area contributed by atoms with Crippen LogP contribution in [0.4, 0.5) is 0 Å². The number of rotatable bonds is 7. The van der Waals surface area contributed by atoms with Gasteiger partial charge in [0.1, 0.15) is 23.9 Å². The Bertz CT molecular complexity index is 977. The first kappa shape index (κ1) is 19.2. The first-order chi connectivity index (χ1) is 13.6. The summed E-state index contributed by atoms with van der Waals surface area (Å²) in [5.41, 5.74) is 4.65. The SMILES string of the molecule is CC/C(=N\NC(=O)c1ccc(COc2ccccc2)o1)c1cc(C)ccc1O. The number of nitrogens with zero attached hydrogens (tertiary/aromatic N) is 1. The molecule has 0 spiro atoms. The lowest BCUT2D eigenvalue weighted by molar-refractivity contribution is 0.0923. The summed E-state index contributed by atoms with van der Waals surface area (Å²) in [4.78, 5) is 12.3. The Kier molecular flexibility index (Phi) is 6.11. The summed E-state index contributed by atoms with van der Waals surface area (Å²) in [5, 5.41) is 14.2. The molecule has 0 unspecified atom stereocenters. The van der Waals surface area contributed by atoms with Crippen LogP contribution >= 0.6 is 0 Å². The number of nitrogens with one attached hydrogen (secondary N) is 1. The van der Waals surface area contributed by atoms with Gasteiger partial charge in [-0.1, -0.05) is 36.8 Å². The van der Waals surface area contributed by atoms with E-state index in [1.54, 1.807) is 18.2 Å². The zero-order chi connectivity index (χ0) is 19.9. The predicted octanol–water partition coefficient (Wildman–Crippen LogP) is 4.42. The molecule has 1 aromatic heterocycles. The molecule has 0 saturated heterocycles. The van der Waals surface area contributed by atoms with Gasteiger partial charge in [-0.05, 0) is 49.7 Å². The van der Waals surface area contributed by atoms with Crippen LogP contribution in [0, 0.1) is 6.92 Å². The third kappa shape index (κ3) is 4.79. The van der Waals surface area contributed by atoms with E-state index in [-0.39, 0.29) is 18.1 Å². The zero-order valence-electron chi connectivity index (χ0n) is 15.8. The number of phenols is 1. The molecule has 0 aliphatic carbocycles. The maximum Gasteiger partial charge on any atom is 0.307 e. The molecule has 144 valence electrons. The highest BCUT2D eigenvalue weighted by atomic mass is 16.5. The minimum absolute atomic E-state index is 0.124. The summed E-state index contributed by atoms with van der Waals surface area (Å²) in [5.74, 6) is 1.05. The van der Waals surface area contributed by atoms with E-state index in [9.17, 15) is 9.90 Å². The number of carbonyl (C=O) groups excluding carboxylic acids is 1. The summed E-state index contributed by atoms with van der Waals surface area (Å²) in [7, 11) is 0. The number of benzene rings is 2. The van der Waals surface area contributed by atoms with Gasteiger partial charge in [-0.15, -0.1) is 0 Å². The van der Waals surface area contributed by atoms with Crippen molar-refractivity contribution in [1.82, 2.24) is 5.43 Å². The van der Waals surface area contributed by atoms with Crippen LogP contribution in [-0.2, 0) is 6.61 Å². The Hall–Kier alpha value is -3.54. The number of furan rings is 1. The van der Waals surface area contributed by atoms with Gasteiger partial charge in [0.25, 0.3) is 0 Å². The maximum absolute atomic E-state index is 12.3. The fourth-order valence-corrected chi connectivity index (χ4v) is 2.63. The van der Waals surface area contributed by atoms with E-state index < -0.39 is 5.91 Å². The quantitative estimate of drug-likeness (QED) is 0.471. The van der Waals surface area contributed by atoms with Crippen molar-refractivity contribution >= 4 is 11.6 Å². The van der Waals surface area contributed by atoms with E-state index in [0.717, 1.165) is 11.3 Å². The number of hydrogen-bond donors (Lipinski definition) is 2. The second-order valence-corrected chi connectivity index (χ2v) is 6.24. The molecule has 1 heterocycles. The highest BCUT2D eigenvalue weighted by molar-refractivity contribution is 6.03. The van der Waals surface area contributed by atoms with Crippen molar-refractivity contribution in [3.05, 3.63) is 83.3 Å². The van der Waals surface area contributed by atoms with Crippen molar-refractivity contribution in [2.24, 2.45) is 5.10 Å². The summed E-state index contributed by atoms with van der Waals surface area (Å²) in [6.07, 6.45) is 0.547. The van der Waals surface area contributed by atoms with Crippen LogP contribution in [0.5, 0.6) is 11.5 Å². The fourth-order valence-electron chi connectivity index (χ4n) is 2.63. The molecule has 3 aromatic rings. The fraction of sp³-hybridized carbons (Fsp3) is 0.182. The zero-order valence-corrected chi connectivity index (χ0v) is 15.8. The van der Waals surface area contributed by atoms with Gasteiger partial charge in [-0.2, -0.15) is 5.10 Å². The minimum atomic E-state index is -0.468. The van der Waals surface area contributed by atoms with Crippen molar-refractivity contribution in [1.29, 1.82) is 0 Å². The van der Waals surface area contributed by atoms with E-state index in [0.29, 0.717) is 23.5 Å². The molecule has 6 nitrogen and oxygen atoms in total. The molecule has 3 rings (SSSR count). The topological polar surface area (TPSA) is 84.1 Å². The molecule has 0 saturated carbocycles. The predicted molar refractivity (Wildman–Crippen MR) is 107 cm³/mol. The summed E-state index contributed by atoms with van der Waals surface area (Å²) >= 11 is 0. The molecule has 6 heteroatoms. The number of para-hydroxylation sites is 1. The van der Waals surface area contributed by atoms with Crippen LogP contribution in [0.15, 0.2) is 70.2 Å². The largest absolute Gasteiger partial charge is 0.507 e. The molecular weight excluding hydrogens is 356 g/mol. The van der Waals surface area contributed by atoms with Gasteiger partial charge in [0, 0.05) is 5.56 Å². The molecular formula is C22H22N2O4. The van der Waals surface area contributed by atoms with Crippen LogP contribution in [0.1, 0.15) is 40.8 Å². The second-order valence-electron chi connectivity index (χ2n) is 6.24. The molecule has 2 N–H and O–H groups in total. The average Bonchev–Trinajstić information content (AvgIpc) is 3.19. The lowest BCUT2D eigenvalue weighted by Gasteiger charge is -2.08. The number of carbonyl (C=O) groups is 1. The lowest BCUT2D eigenvalue weighted by Crippen LogP contribution is -2.19. The first-order valence-corrected chi connectivity index (χ1v) is 9.00. The van der Waals surface area contributed by atoms with Crippen molar-refractivity contribution < 1.29 is 19.1 Å². The highest BCUT2D eigenvalue weighted by Gasteiger charge is 2.13. The Morgan fingerprint density at radius 1 is 1.14 bits per heavy atom. The third-order valence-corrected chi connectivity index (χ3v) is 4.10. The number of hydrogen-bond acceptors (Lipinski definition) is 5. The van der Waals surface area contributed by atoms with Crippen molar-refractivity contribution in [3.8, 4) is 11.5 Å². The average molecular weight is 378 g/mol. The van der Waals surface area contributed by atoms with Crippen molar-refractivity contribution in [2.45, 2.75) is 26.9 Å². The molecule has 0 fully saturated rings. The number of aryl methyl sites for hydroxylation is 1. The molecule has 0 atom stereocenters. The van der Waals surface area contributed by atoms with Crippen LogP contribution < -0.4 is 10.2 Å². The number of phenolic OH excluding ortho intramolecular Hbond substituents is 1. The summed E-state index contributed by atoms with van der Waals surface area (Å²) in [6.45, 7) is 4.05. The lowest BCUT2D eigenvalue weighted by atomic mass is 10.0. The van der Waals surface area contributed by atoms with Crippen LogP contribution in [-0.4, -0.2) is 16.7 Å². The maximum atomic E-state index is 12.3. The number of amides is 1. The molecule has 1 amide bonds. The number of aromatic hydroxyl groups is 1. The van der Waals surface area contributed by atoms with Crippen LogP contribution in [0.2, 0.25) is 0 Å². The summed E-state index contributed by atoms with van der Waals surface area (Å²) < 4.78 is 11.1. The minimum Gasteiger partial charge on any atom is -0.507 e. The van der Waals surface area contributed by atoms with E-state index in [1.165, 1.54) is 0 Å². The third-order valence-electron chi connectivity index (χ3n) is 4.10. The van der Waals surface area contributed by atoms with E-state index in [2.05, 4.69) is 10.5 Å². The normalized spacial score (nSPS) is 11.3. The van der Waals surface area contributed by atoms with Gasteiger partial charge in [-0.25, -0.2) is 5.43 Å². The van der Waals surface area contributed by atoms with Crippen LogP contribution in [0.25, 0.3) is 0 Å².